The van der Waals surface area contributed by atoms with Gasteiger partial charge in [-0.05, 0) is 17.7 Å². The number of amides is 2. The van der Waals surface area contributed by atoms with Gasteiger partial charge in [-0.2, -0.15) is 13.2 Å². The standard InChI is InChI=1S/C16H17F3N2O3/c1-2-14(22)20-9-15(23)21-7-8-24-13(10-21)11-5-3-4-6-12(11)16(17,18)19/h2-6,13H,1,7-10H2,(H,20,22). The zero-order valence-corrected chi connectivity index (χ0v) is 12.8. The van der Waals surface area contributed by atoms with Gasteiger partial charge in [-0.1, -0.05) is 24.8 Å². The monoisotopic (exact) mass is 342 g/mol. The summed E-state index contributed by atoms with van der Waals surface area (Å²) in [5.74, 6) is -0.876. The van der Waals surface area contributed by atoms with E-state index < -0.39 is 23.8 Å². The number of carbonyl (C=O) groups is 2. The SMILES string of the molecule is C=CC(=O)NCC(=O)N1CCOC(c2ccccc2C(F)(F)F)C1. The molecule has 1 saturated heterocycles. The highest BCUT2D eigenvalue weighted by atomic mass is 19.4. The number of halogens is 3. The van der Waals surface area contributed by atoms with Crippen LogP contribution in [0.15, 0.2) is 36.9 Å². The van der Waals surface area contributed by atoms with Crippen molar-refractivity contribution in [2.24, 2.45) is 0 Å². The third-order valence-corrected chi connectivity index (χ3v) is 3.63. The van der Waals surface area contributed by atoms with Crippen LogP contribution >= 0.6 is 0 Å². The van der Waals surface area contributed by atoms with Crippen LogP contribution in [-0.2, 0) is 20.5 Å². The summed E-state index contributed by atoms with van der Waals surface area (Å²) in [5.41, 5.74) is -0.776. The molecule has 1 heterocycles. The molecule has 1 aromatic rings. The smallest absolute Gasteiger partial charge is 0.370 e. The Kier molecular flexibility index (Phi) is 5.61. The second-order valence-corrected chi connectivity index (χ2v) is 5.21. The van der Waals surface area contributed by atoms with Gasteiger partial charge in [0.1, 0.15) is 6.10 Å². The minimum atomic E-state index is -4.50. The number of ether oxygens (including phenoxy) is 1. The Hall–Kier alpha value is -2.35. The second kappa shape index (κ2) is 7.48. The Morgan fingerprint density at radius 1 is 1.38 bits per heavy atom. The van der Waals surface area contributed by atoms with Crippen molar-refractivity contribution in [3.8, 4) is 0 Å². The highest BCUT2D eigenvalue weighted by Gasteiger charge is 2.36. The van der Waals surface area contributed by atoms with E-state index in [0.29, 0.717) is 0 Å². The van der Waals surface area contributed by atoms with Crippen molar-refractivity contribution < 1.29 is 27.5 Å². The lowest BCUT2D eigenvalue weighted by atomic mass is 10.0. The van der Waals surface area contributed by atoms with Gasteiger partial charge in [0.05, 0.1) is 25.3 Å². The van der Waals surface area contributed by atoms with Crippen molar-refractivity contribution in [1.82, 2.24) is 10.2 Å². The van der Waals surface area contributed by atoms with Gasteiger partial charge in [-0.25, -0.2) is 0 Å². The molecule has 130 valence electrons. The predicted octanol–water partition coefficient (Wildman–Crippen LogP) is 1.91. The maximum absolute atomic E-state index is 13.1. The van der Waals surface area contributed by atoms with Crippen molar-refractivity contribution in [1.29, 1.82) is 0 Å². The number of benzene rings is 1. The lowest BCUT2D eigenvalue weighted by Gasteiger charge is -2.34. The van der Waals surface area contributed by atoms with Crippen molar-refractivity contribution in [3.05, 3.63) is 48.0 Å². The van der Waals surface area contributed by atoms with Gasteiger partial charge >= 0.3 is 6.18 Å². The molecule has 0 spiro atoms. The summed E-state index contributed by atoms with van der Waals surface area (Å²) in [5, 5.41) is 2.35. The van der Waals surface area contributed by atoms with Gasteiger partial charge < -0.3 is 15.0 Å². The molecule has 1 fully saturated rings. The topological polar surface area (TPSA) is 58.6 Å². The van der Waals surface area contributed by atoms with Gasteiger partial charge in [0.25, 0.3) is 0 Å². The fraction of sp³-hybridized carbons (Fsp3) is 0.375. The first-order chi connectivity index (χ1) is 11.3. The number of nitrogens with one attached hydrogen (secondary N) is 1. The summed E-state index contributed by atoms with van der Waals surface area (Å²) in [7, 11) is 0. The van der Waals surface area contributed by atoms with E-state index in [1.54, 1.807) is 0 Å². The lowest BCUT2D eigenvalue weighted by molar-refractivity contribution is -0.143. The molecule has 1 aliphatic heterocycles. The van der Waals surface area contributed by atoms with Crippen molar-refractivity contribution in [2.75, 3.05) is 26.2 Å². The van der Waals surface area contributed by atoms with E-state index in [0.717, 1.165) is 12.1 Å². The summed E-state index contributed by atoms with van der Waals surface area (Å²) >= 11 is 0. The molecule has 5 nitrogen and oxygen atoms in total. The van der Waals surface area contributed by atoms with Crippen LogP contribution in [0, 0.1) is 0 Å². The number of carbonyl (C=O) groups excluding carboxylic acids is 2. The summed E-state index contributed by atoms with van der Waals surface area (Å²) in [4.78, 5) is 24.5. The minimum absolute atomic E-state index is 0.00220. The van der Waals surface area contributed by atoms with Gasteiger partial charge in [-0.3, -0.25) is 9.59 Å². The molecule has 0 saturated carbocycles. The molecule has 1 aliphatic rings. The molecule has 1 aromatic carbocycles. The molecule has 0 aromatic heterocycles. The van der Waals surface area contributed by atoms with E-state index in [1.807, 2.05) is 0 Å². The maximum atomic E-state index is 13.1. The van der Waals surface area contributed by atoms with Crippen molar-refractivity contribution in [3.63, 3.8) is 0 Å². The number of morpholine rings is 1. The Bertz CT molecular complexity index is 631. The molecule has 2 rings (SSSR count). The van der Waals surface area contributed by atoms with Crippen LogP contribution in [0.25, 0.3) is 0 Å². The minimum Gasteiger partial charge on any atom is -0.370 e. The van der Waals surface area contributed by atoms with E-state index in [1.165, 1.54) is 23.1 Å². The van der Waals surface area contributed by atoms with Crippen molar-refractivity contribution >= 4 is 11.8 Å². The lowest BCUT2D eigenvalue weighted by Crippen LogP contribution is -2.46. The molecule has 8 heteroatoms. The molecule has 1 unspecified atom stereocenters. The number of rotatable bonds is 4. The number of alkyl halides is 3. The fourth-order valence-electron chi connectivity index (χ4n) is 2.45. The highest BCUT2D eigenvalue weighted by Crippen LogP contribution is 2.36. The summed E-state index contributed by atoms with van der Waals surface area (Å²) in [6.45, 7) is 3.41. The number of nitrogens with zero attached hydrogens (tertiary/aromatic N) is 1. The molecular weight excluding hydrogens is 325 g/mol. The number of hydrogen-bond donors (Lipinski definition) is 1. The Morgan fingerprint density at radius 2 is 2.08 bits per heavy atom. The van der Waals surface area contributed by atoms with Gasteiger partial charge in [-0.15, -0.1) is 0 Å². The van der Waals surface area contributed by atoms with E-state index in [9.17, 15) is 22.8 Å². The van der Waals surface area contributed by atoms with Crippen LogP contribution in [0.5, 0.6) is 0 Å². The normalized spacial score (nSPS) is 18.1. The molecule has 0 bridgehead atoms. The molecule has 0 radical (unpaired) electrons. The molecule has 24 heavy (non-hydrogen) atoms. The summed E-state index contributed by atoms with van der Waals surface area (Å²) in [6, 6.07) is 5.15. The Balaban J connectivity index is 2.10. The van der Waals surface area contributed by atoms with E-state index in [4.69, 9.17) is 4.74 Å². The van der Waals surface area contributed by atoms with Gasteiger partial charge in [0.15, 0.2) is 0 Å². The van der Waals surface area contributed by atoms with Crippen molar-refractivity contribution in [2.45, 2.75) is 12.3 Å². The average molecular weight is 342 g/mol. The maximum Gasteiger partial charge on any atom is 0.416 e. The van der Waals surface area contributed by atoms with Crippen LogP contribution in [0.2, 0.25) is 0 Å². The van der Waals surface area contributed by atoms with Gasteiger partial charge in [0, 0.05) is 6.54 Å². The zero-order valence-electron chi connectivity index (χ0n) is 12.8. The van der Waals surface area contributed by atoms with Crippen LogP contribution < -0.4 is 5.32 Å². The van der Waals surface area contributed by atoms with Crippen LogP contribution in [0.3, 0.4) is 0 Å². The van der Waals surface area contributed by atoms with Crippen LogP contribution in [-0.4, -0.2) is 43.0 Å². The fourth-order valence-corrected chi connectivity index (χ4v) is 2.45. The first-order valence-corrected chi connectivity index (χ1v) is 7.28. The van der Waals surface area contributed by atoms with Crippen LogP contribution in [0.1, 0.15) is 17.2 Å². The third-order valence-electron chi connectivity index (χ3n) is 3.63. The third kappa shape index (κ3) is 4.35. The van der Waals surface area contributed by atoms with E-state index in [-0.39, 0.29) is 37.7 Å². The summed E-state index contributed by atoms with van der Waals surface area (Å²) in [6.07, 6.45) is -4.32. The Morgan fingerprint density at radius 3 is 2.75 bits per heavy atom. The predicted molar refractivity (Wildman–Crippen MR) is 79.9 cm³/mol. The van der Waals surface area contributed by atoms with Gasteiger partial charge in [0.2, 0.25) is 11.8 Å². The quantitative estimate of drug-likeness (QED) is 0.851. The molecule has 2 amide bonds. The summed E-state index contributed by atoms with van der Waals surface area (Å²) < 4.78 is 44.8. The second-order valence-electron chi connectivity index (χ2n) is 5.21. The molecule has 1 atom stereocenters. The number of hydrogen-bond acceptors (Lipinski definition) is 3. The largest absolute Gasteiger partial charge is 0.416 e. The first-order valence-electron chi connectivity index (χ1n) is 7.28. The average Bonchev–Trinajstić information content (AvgIpc) is 2.58. The molecule has 0 aliphatic carbocycles. The van der Waals surface area contributed by atoms with Crippen LogP contribution in [0.4, 0.5) is 13.2 Å². The van der Waals surface area contributed by atoms with E-state index in [2.05, 4.69) is 11.9 Å². The first kappa shape index (κ1) is 18.0. The van der Waals surface area contributed by atoms with E-state index >= 15 is 0 Å². The Labute approximate surface area is 137 Å². The highest BCUT2D eigenvalue weighted by molar-refractivity contribution is 5.90. The molecule has 1 N–H and O–H groups in total. The molecular formula is C16H17F3N2O3. The zero-order chi connectivity index (χ0) is 17.7.